The molecule has 0 radical (unpaired) electrons. The van der Waals surface area contributed by atoms with Crippen LogP contribution in [0, 0.1) is 6.92 Å². The average molecular weight is 320 g/mol. The predicted octanol–water partition coefficient (Wildman–Crippen LogP) is 3.63. The van der Waals surface area contributed by atoms with Crippen molar-refractivity contribution in [1.29, 1.82) is 0 Å². The fourth-order valence-electron chi connectivity index (χ4n) is 2.41. The van der Waals surface area contributed by atoms with Crippen LogP contribution >= 0.6 is 0 Å². The predicted molar refractivity (Wildman–Crippen MR) is 77.8 cm³/mol. The van der Waals surface area contributed by atoms with Gasteiger partial charge in [-0.15, -0.1) is 0 Å². The fourth-order valence-corrected chi connectivity index (χ4v) is 2.41. The summed E-state index contributed by atoms with van der Waals surface area (Å²) < 4.78 is 29.8. The lowest BCUT2D eigenvalue weighted by Gasteiger charge is -2.14. The van der Waals surface area contributed by atoms with E-state index in [0.717, 1.165) is 18.5 Å². The van der Waals surface area contributed by atoms with E-state index in [2.05, 4.69) is 14.7 Å². The Morgan fingerprint density at radius 3 is 2.61 bits per heavy atom. The lowest BCUT2D eigenvalue weighted by molar-refractivity contribution is -0.0496. The highest BCUT2D eigenvalue weighted by Crippen LogP contribution is 2.42. The molecule has 0 atom stereocenters. The molecular weight excluding hydrogens is 306 g/mol. The second-order valence-electron chi connectivity index (χ2n) is 5.43. The van der Waals surface area contributed by atoms with Crippen LogP contribution in [0.5, 0.6) is 5.75 Å². The number of alkyl halides is 2. The van der Waals surface area contributed by atoms with Gasteiger partial charge < -0.3 is 9.84 Å². The molecule has 1 N–H and O–H groups in total. The van der Waals surface area contributed by atoms with Crippen LogP contribution in [0.4, 0.5) is 8.78 Å². The number of carbonyl (C=O) groups is 1. The summed E-state index contributed by atoms with van der Waals surface area (Å²) in [5, 5.41) is 9.34. The highest BCUT2D eigenvalue weighted by molar-refractivity contribution is 5.96. The van der Waals surface area contributed by atoms with Crippen molar-refractivity contribution in [1.82, 2.24) is 9.97 Å². The third-order valence-electron chi connectivity index (χ3n) is 3.66. The summed E-state index contributed by atoms with van der Waals surface area (Å²) in [4.78, 5) is 19.5. The number of carboxylic acid groups (broad SMARTS) is 1. The molecule has 2 aromatic rings. The van der Waals surface area contributed by atoms with Gasteiger partial charge >= 0.3 is 12.6 Å². The largest absolute Gasteiger partial charge is 0.478 e. The minimum Gasteiger partial charge on any atom is -0.478 e. The van der Waals surface area contributed by atoms with Crippen molar-refractivity contribution in [2.45, 2.75) is 32.3 Å². The summed E-state index contributed by atoms with van der Waals surface area (Å²) in [6.45, 7) is -1.32. The van der Waals surface area contributed by atoms with Crippen LogP contribution in [0.1, 0.15) is 40.5 Å². The quantitative estimate of drug-likeness (QED) is 0.911. The topological polar surface area (TPSA) is 72.3 Å². The standard InChI is InChI=1S/C16H14F2N2O3/c1-8-4-10(12(6-19-8)15(21)22)11-5-13(9-2-3-9)20-7-14(11)23-16(17)18/h4-7,9,16H,2-3H2,1H3,(H,21,22). The number of hydrogen-bond acceptors (Lipinski definition) is 4. The maximum atomic E-state index is 12.6. The van der Waals surface area contributed by atoms with E-state index in [9.17, 15) is 18.7 Å². The van der Waals surface area contributed by atoms with Crippen molar-refractivity contribution in [3.8, 4) is 16.9 Å². The number of aryl methyl sites for hydroxylation is 1. The van der Waals surface area contributed by atoms with Gasteiger partial charge in [0.05, 0.1) is 11.8 Å². The number of ether oxygens (including phenoxy) is 1. The van der Waals surface area contributed by atoms with Crippen molar-refractivity contribution in [2.75, 3.05) is 0 Å². The summed E-state index contributed by atoms with van der Waals surface area (Å²) in [6.07, 6.45) is 4.43. The summed E-state index contributed by atoms with van der Waals surface area (Å²) in [6, 6.07) is 3.18. The number of aromatic nitrogens is 2. The third kappa shape index (κ3) is 3.28. The molecule has 2 aromatic heterocycles. The zero-order valence-corrected chi connectivity index (χ0v) is 12.3. The molecule has 0 aliphatic heterocycles. The number of halogens is 2. The molecule has 0 aromatic carbocycles. The molecule has 1 saturated carbocycles. The normalized spacial score (nSPS) is 14.1. The first kappa shape index (κ1) is 15.3. The number of aromatic carboxylic acids is 1. The lowest BCUT2D eigenvalue weighted by Crippen LogP contribution is -2.07. The van der Waals surface area contributed by atoms with Crippen molar-refractivity contribution in [3.63, 3.8) is 0 Å². The van der Waals surface area contributed by atoms with Crippen LogP contribution in [0.25, 0.3) is 11.1 Å². The van der Waals surface area contributed by atoms with Gasteiger partial charge in [0, 0.05) is 34.6 Å². The highest BCUT2D eigenvalue weighted by atomic mass is 19.3. The van der Waals surface area contributed by atoms with E-state index in [1.165, 1.54) is 12.4 Å². The molecule has 0 unspecified atom stereocenters. The highest BCUT2D eigenvalue weighted by Gasteiger charge is 2.27. The zero-order valence-electron chi connectivity index (χ0n) is 12.3. The molecule has 1 aliphatic carbocycles. The number of nitrogens with zero attached hydrogens (tertiary/aromatic N) is 2. The number of pyridine rings is 2. The molecule has 2 heterocycles. The maximum absolute atomic E-state index is 12.6. The van der Waals surface area contributed by atoms with Crippen LogP contribution in [0.3, 0.4) is 0 Å². The maximum Gasteiger partial charge on any atom is 0.387 e. The summed E-state index contributed by atoms with van der Waals surface area (Å²) in [5.41, 5.74) is 1.86. The van der Waals surface area contributed by atoms with Crippen LogP contribution in [-0.2, 0) is 0 Å². The van der Waals surface area contributed by atoms with Gasteiger partial charge in [-0.3, -0.25) is 9.97 Å². The first-order chi connectivity index (χ1) is 11.0. The lowest BCUT2D eigenvalue weighted by atomic mass is 9.99. The Balaban J connectivity index is 2.18. The third-order valence-corrected chi connectivity index (χ3v) is 3.66. The molecule has 0 bridgehead atoms. The second-order valence-corrected chi connectivity index (χ2v) is 5.43. The van der Waals surface area contributed by atoms with Gasteiger partial charge in [0.2, 0.25) is 0 Å². The molecule has 7 heteroatoms. The Bertz CT molecular complexity index is 761. The average Bonchev–Trinajstić information content (AvgIpc) is 3.31. The molecule has 0 amide bonds. The number of hydrogen-bond donors (Lipinski definition) is 1. The molecule has 120 valence electrons. The zero-order chi connectivity index (χ0) is 16.6. The minimum atomic E-state index is -3.02. The Morgan fingerprint density at radius 2 is 2.00 bits per heavy atom. The Morgan fingerprint density at radius 1 is 1.26 bits per heavy atom. The number of rotatable bonds is 5. The number of carboxylic acids is 1. The SMILES string of the molecule is Cc1cc(-c2cc(C3CC3)ncc2OC(F)F)c(C(=O)O)cn1. The molecule has 5 nitrogen and oxygen atoms in total. The molecule has 0 spiro atoms. The monoisotopic (exact) mass is 320 g/mol. The van der Waals surface area contributed by atoms with Gasteiger partial charge in [-0.05, 0) is 31.9 Å². The first-order valence-electron chi connectivity index (χ1n) is 7.10. The van der Waals surface area contributed by atoms with Crippen LogP contribution < -0.4 is 4.74 Å². The van der Waals surface area contributed by atoms with E-state index in [4.69, 9.17) is 0 Å². The van der Waals surface area contributed by atoms with Gasteiger partial charge in [0.25, 0.3) is 0 Å². The Kier molecular flexibility index (Phi) is 3.94. The summed E-state index contributed by atoms with van der Waals surface area (Å²) >= 11 is 0. The van der Waals surface area contributed by atoms with E-state index in [1.54, 1.807) is 19.1 Å². The fraction of sp³-hybridized carbons (Fsp3) is 0.312. The van der Waals surface area contributed by atoms with Gasteiger partial charge in [-0.2, -0.15) is 8.78 Å². The minimum absolute atomic E-state index is 0.0670. The van der Waals surface area contributed by atoms with Crippen LogP contribution in [0.2, 0.25) is 0 Å². The Labute approximate surface area is 131 Å². The summed E-state index contributed by atoms with van der Waals surface area (Å²) in [7, 11) is 0. The summed E-state index contributed by atoms with van der Waals surface area (Å²) in [5.74, 6) is -1.02. The molecule has 23 heavy (non-hydrogen) atoms. The van der Waals surface area contributed by atoms with Gasteiger partial charge in [-0.25, -0.2) is 4.79 Å². The molecular formula is C16H14F2N2O3. The molecule has 0 saturated heterocycles. The Hall–Kier alpha value is -2.57. The second kappa shape index (κ2) is 5.91. The van der Waals surface area contributed by atoms with E-state index >= 15 is 0 Å². The van der Waals surface area contributed by atoms with E-state index in [0.29, 0.717) is 22.7 Å². The van der Waals surface area contributed by atoms with Gasteiger partial charge in [-0.1, -0.05) is 0 Å². The van der Waals surface area contributed by atoms with Crippen LogP contribution in [0.15, 0.2) is 24.5 Å². The molecule has 1 fully saturated rings. The van der Waals surface area contributed by atoms with E-state index in [-0.39, 0.29) is 11.3 Å². The smallest absolute Gasteiger partial charge is 0.387 e. The first-order valence-corrected chi connectivity index (χ1v) is 7.10. The van der Waals surface area contributed by atoms with Crippen molar-refractivity contribution >= 4 is 5.97 Å². The van der Waals surface area contributed by atoms with Crippen molar-refractivity contribution in [3.05, 3.63) is 41.5 Å². The van der Waals surface area contributed by atoms with Crippen molar-refractivity contribution in [2.24, 2.45) is 0 Å². The van der Waals surface area contributed by atoms with Gasteiger partial charge in [0.1, 0.15) is 0 Å². The van der Waals surface area contributed by atoms with Crippen LogP contribution in [-0.4, -0.2) is 27.7 Å². The van der Waals surface area contributed by atoms with Crippen molar-refractivity contribution < 1.29 is 23.4 Å². The van der Waals surface area contributed by atoms with E-state index in [1.807, 2.05) is 0 Å². The van der Waals surface area contributed by atoms with E-state index < -0.39 is 12.6 Å². The molecule has 3 rings (SSSR count). The molecule has 1 aliphatic rings. The van der Waals surface area contributed by atoms with Gasteiger partial charge in [0.15, 0.2) is 5.75 Å².